The molecule has 1 N–H and O–H groups in total. The number of nitrogens with one attached hydrogen (secondary N) is 1. The maximum absolute atomic E-state index is 8.94. The van der Waals surface area contributed by atoms with Crippen molar-refractivity contribution in [1.82, 2.24) is 5.32 Å². The topological polar surface area (TPSA) is 54.3 Å². The highest BCUT2D eigenvalue weighted by Gasteiger charge is 2.21. The molecule has 0 amide bonds. The lowest BCUT2D eigenvalue weighted by Crippen LogP contribution is -2.39. The van der Waals surface area contributed by atoms with E-state index >= 15 is 0 Å². The summed E-state index contributed by atoms with van der Waals surface area (Å²) < 4.78 is 11.2. The number of rotatable bonds is 6. The van der Waals surface area contributed by atoms with Crippen LogP contribution in [0.2, 0.25) is 0 Å². The predicted octanol–water partition coefficient (Wildman–Crippen LogP) is 2.09. The van der Waals surface area contributed by atoms with Crippen LogP contribution in [0, 0.1) is 11.3 Å². The van der Waals surface area contributed by atoms with E-state index in [4.69, 9.17) is 14.7 Å². The van der Waals surface area contributed by atoms with Crippen LogP contribution >= 0.6 is 0 Å². The number of nitrogens with zero attached hydrogens (tertiary/aromatic N) is 1. The largest absolute Gasteiger partial charge is 0.491 e. The van der Waals surface area contributed by atoms with Gasteiger partial charge in [-0.05, 0) is 31.9 Å². The second-order valence-corrected chi connectivity index (χ2v) is 4.75. The Morgan fingerprint density at radius 2 is 2.37 bits per heavy atom. The van der Waals surface area contributed by atoms with Crippen LogP contribution in [0.1, 0.15) is 25.3 Å². The number of hydrogen-bond donors (Lipinski definition) is 1. The molecular formula is C15H20N2O2. The Bertz CT molecular complexity index is 436. The third-order valence-electron chi connectivity index (χ3n) is 3.36. The van der Waals surface area contributed by atoms with E-state index in [0.29, 0.717) is 30.1 Å². The van der Waals surface area contributed by atoms with Gasteiger partial charge in [-0.2, -0.15) is 5.26 Å². The summed E-state index contributed by atoms with van der Waals surface area (Å²) in [5.74, 6) is 0.650. The first-order valence-corrected chi connectivity index (χ1v) is 6.78. The van der Waals surface area contributed by atoms with E-state index in [2.05, 4.69) is 18.3 Å². The Balaban J connectivity index is 1.70. The summed E-state index contributed by atoms with van der Waals surface area (Å²) in [6, 6.07) is 9.76. The molecule has 0 bridgehead atoms. The zero-order valence-corrected chi connectivity index (χ0v) is 11.3. The lowest BCUT2D eigenvalue weighted by atomic mass is 10.1. The summed E-state index contributed by atoms with van der Waals surface area (Å²) in [4.78, 5) is 0. The fraction of sp³-hybridized carbons (Fsp3) is 0.533. The Morgan fingerprint density at radius 1 is 1.53 bits per heavy atom. The highest BCUT2D eigenvalue weighted by Crippen LogP contribution is 2.17. The van der Waals surface area contributed by atoms with Crippen LogP contribution in [0.5, 0.6) is 5.75 Å². The molecule has 4 nitrogen and oxygen atoms in total. The maximum Gasteiger partial charge on any atom is 0.137 e. The standard InChI is InChI=1S/C15H20N2O2/c1-12(14-7-4-9-18-14)17-8-10-19-15-6-3-2-5-13(15)11-16/h2-3,5-6,12,14,17H,4,7-10H2,1H3/t12-,14-/m1/s1. The van der Waals surface area contributed by atoms with Gasteiger partial charge in [0, 0.05) is 19.2 Å². The van der Waals surface area contributed by atoms with E-state index in [0.717, 1.165) is 26.0 Å². The van der Waals surface area contributed by atoms with Crippen molar-refractivity contribution < 1.29 is 9.47 Å². The second-order valence-electron chi connectivity index (χ2n) is 4.75. The van der Waals surface area contributed by atoms with Crippen molar-refractivity contribution >= 4 is 0 Å². The van der Waals surface area contributed by atoms with Gasteiger partial charge in [-0.1, -0.05) is 12.1 Å². The van der Waals surface area contributed by atoms with Crippen molar-refractivity contribution in [1.29, 1.82) is 5.26 Å². The molecule has 4 heteroatoms. The van der Waals surface area contributed by atoms with Gasteiger partial charge in [0.05, 0.1) is 11.7 Å². The average molecular weight is 260 g/mol. The highest BCUT2D eigenvalue weighted by molar-refractivity contribution is 5.42. The highest BCUT2D eigenvalue weighted by atomic mass is 16.5. The molecule has 1 aliphatic rings. The van der Waals surface area contributed by atoms with Crippen molar-refractivity contribution in [2.24, 2.45) is 0 Å². The molecule has 1 fully saturated rings. The fourth-order valence-corrected chi connectivity index (χ4v) is 2.26. The molecule has 0 unspecified atom stereocenters. The minimum Gasteiger partial charge on any atom is -0.491 e. The van der Waals surface area contributed by atoms with Gasteiger partial charge in [0.25, 0.3) is 0 Å². The van der Waals surface area contributed by atoms with Crippen LogP contribution in [0.25, 0.3) is 0 Å². The lowest BCUT2D eigenvalue weighted by molar-refractivity contribution is 0.0824. The second kappa shape index (κ2) is 7.13. The van der Waals surface area contributed by atoms with Gasteiger partial charge >= 0.3 is 0 Å². The normalized spacial score (nSPS) is 19.9. The zero-order chi connectivity index (χ0) is 13.5. The molecule has 0 spiro atoms. The quantitative estimate of drug-likeness (QED) is 0.796. The van der Waals surface area contributed by atoms with Crippen LogP contribution in [-0.4, -0.2) is 31.9 Å². The van der Waals surface area contributed by atoms with Crippen molar-refractivity contribution in [3.05, 3.63) is 29.8 Å². The van der Waals surface area contributed by atoms with E-state index in [1.165, 1.54) is 0 Å². The van der Waals surface area contributed by atoms with Gasteiger partial charge in [-0.25, -0.2) is 0 Å². The van der Waals surface area contributed by atoms with Crippen LogP contribution in [0.4, 0.5) is 0 Å². The van der Waals surface area contributed by atoms with Crippen molar-refractivity contribution in [3.8, 4) is 11.8 Å². The molecule has 1 aliphatic heterocycles. The first kappa shape index (κ1) is 13.9. The number of nitriles is 1. The minimum absolute atomic E-state index is 0.325. The van der Waals surface area contributed by atoms with Crippen molar-refractivity contribution in [3.63, 3.8) is 0 Å². The SMILES string of the molecule is C[C@@H](NCCOc1ccccc1C#N)[C@H]1CCCO1. The summed E-state index contributed by atoms with van der Waals surface area (Å²) >= 11 is 0. The molecule has 0 aliphatic carbocycles. The van der Waals surface area contributed by atoms with Crippen LogP contribution in [0.15, 0.2) is 24.3 Å². The summed E-state index contributed by atoms with van der Waals surface area (Å²) in [5, 5.41) is 12.3. The van der Waals surface area contributed by atoms with Gasteiger partial charge in [0.2, 0.25) is 0 Å². The molecule has 19 heavy (non-hydrogen) atoms. The number of benzene rings is 1. The fourth-order valence-electron chi connectivity index (χ4n) is 2.26. The van der Waals surface area contributed by atoms with Gasteiger partial charge in [-0.15, -0.1) is 0 Å². The van der Waals surface area contributed by atoms with E-state index in [1.807, 2.05) is 18.2 Å². The zero-order valence-electron chi connectivity index (χ0n) is 11.3. The summed E-state index contributed by atoms with van der Waals surface area (Å²) in [7, 11) is 0. The van der Waals surface area contributed by atoms with Crippen LogP contribution in [0.3, 0.4) is 0 Å². The number of ether oxygens (including phenoxy) is 2. The smallest absolute Gasteiger partial charge is 0.137 e. The molecule has 1 aromatic rings. The van der Waals surface area contributed by atoms with Crippen molar-refractivity contribution in [2.45, 2.75) is 31.9 Å². The average Bonchev–Trinajstić information content (AvgIpc) is 2.98. The maximum atomic E-state index is 8.94. The molecule has 1 heterocycles. The molecule has 1 saturated heterocycles. The van der Waals surface area contributed by atoms with Gasteiger partial charge in [-0.3, -0.25) is 0 Å². The Hall–Kier alpha value is -1.57. The van der Waals surface area contributed by atoms with E-state index in [1.54, 1.807) is 6.07 Å². The predicted molar refractivity (Wildman–Crippen MR) is 73.1 cm³/mol. The summed E-state index contributed by atoms with van der Waals surface area (Å²) in [5.41, 5.74) is 0.578. The summed E-state index contributed by atoms with van der Waals surface area (Å²) in [6.45, 7) is 4.32. The van der Waals surface area contributed by atoms with E-state index in [9.17, 15) is 0 Å². The Morgan fingerprint density at radius 3 is 3.11 bits per heavy atom. The molecule has 2 rings (SSSR count). The molecule has 1 aromatic carbocycles. The molecule has 0 radical (unpaired) electrons. The van der Waals surface area contributed by atoms with Crippen LogP contribution in [-0.2, 0) is 4.74 Å². The minimum atomic E-state index is 0.325. The molecule has 0 saturated carbocycles. The number of hydrogen-bond acceptors (Lipinski definition) is 4. The molecule has 102 valence electrons. The van der Waals surface area contributed by atoms with Gasteiger partial charge < -0.3 is 14.8 Å². The Labute approximate surface area is 114 Å². The third kappa shape index (κ3) is 3.95. The third-order valence-corrected chi connectivity index (χ3v) is 3.36. The van der Waals surface area contributed by atoms with Gasteiger partial charge in [0.1, 0.15) is 18.4 Å². The first-order valence-electron chi connectivity index (χ1n) is 6.78. The molecule has 0 aromatic heterocycles. The lowest BCUT2D eigenvalue weighted by Gasteiger charge is -2.20. The van der Waals surface area contributed by atoms with Crippen LogP contribution < -0.4 is 10.1 Å². The summed E-state index contributed by atoms with van der Waals surface area (Å²) in [6.07, 6.45) is 2.61. The van der Waals surface area contributed by atoms with Gasteiger partial charge in [0.15, 0.2) is 0 Å². The van der Waals surface area contributed by atoms with Crippen molar-refractivity contribution in [2.75, 3.05) is 19.8 Å². The number of para-hydroxylation sites is 1. The molecule has 2 atom stereocenters. The monoisotopic (exact) mass is 260 g/mol. The van der Waals surface area contributed by atoms with E-state index < -0.39 is 0 Å². The van der Waals surface area contributed by atoms with E-state index in [-0.39, 0.29) is 0 Å². The Kier molecular flexibility index (Phi) is 5.20. The first-order chi connectivity index (χ1) is 9.31. The molecular weight excluding hydrogens is 240 g/mol.